The van der Waals surface area contributed by atoms with Gasteiger partial charge in [0.1, 0.15) is 12.4 Å². The number of ether oxygens (including phenoxy) is 1. The van der Waals surface area contributed by atoms with Gasteiger partial charge in [-0.15, -0.1) is 16.8 Å². The largest absolute Gasteiger partial charge is 0.485 e. The first kappa shape index (κ1) is 22.6. The maximum Gasteiger partial charge on any atom is 0.234 e. The van der Waals surface area contributed by atoms with Gasteiger partial charge in [0.05, 0.1) is 5.75 Å². The highest BCUT2D eigenvalue weighted by Gasteiger charge is 2.15. The Balaban J connectivity index is 1.40. The van der Waals surface area contributed by atoms with Crippen molar-refractivity contribution in [2.75, 3.05) is 11.1 Å². The second-order valence-corrected chi connectivity index (χ2v) is 8.39. The van der Waals surface area contributed by atoms with Crippen molar-refractivity contribution in [1.29, 1.82) is 0 Å². The number of aryl methyl sites for hydroxylation is 1. The number of benzene rings is 3. The molecule has 0 radical (unpaired) electrons. The summed E-state index contributed by atoms with van der Waals surface area (Å²) in [5, 5.41) is 14.3. The maximum atomic E-state index is 12.4. The number of nitrogens with zero attached hydrogens (tertiary/aromatic N) is 3. The van der Waals surface area contributed by atoms with E-state index >= 15 is 0 Å². The highest BCUT2D eigenvalue weighted by atomic mass is 32.2. The molecule has 0 aliphatic carbocycles. The van der Waals surface area contributed by atoms with Crippen LogP contribution in [0.25, 0.3) is 10.8 Å². The van der Waals surface area contributed by atoms with Crippen molar-refractivity contribution in [3.8, 4) is 5.75 Å². The van der Waals surface area contributed by atoms with E-state index in [1.165, 1.54) is 17.3 Å². The van der Waals surface area contributed by atoms with E-state index in [1.54, 1.807) is 6.08 Å². The number of hydrogen-bond donors (Lipinski definition) is 1. The Labute approximate surface area is 197 Å². The molecule has 1 amide bonds. The summed E-state index contributed by atoms with van der Waals surface area (Å²) in [6, 6.07) is 22.0. The average Bonchev–Trinajstić information content (AvgIpc) is 3.23. The molecule has 1 aromatic heterocycles. The number of amides is 1. The second-order valence-electron chi connectivity index (χ2n) is 7.45. The molecule has 0 aliphatic heterocycles. The van der Waals surface area contributed by atoms with Gasteiger partial charge in [-0.3, -0.25) is 9.36 Å². The number of allylic oxidation sites excluding steroid dienone is 1. The normalized spacial score (nSPS) is 10.8. The minimum Gasteiger partial charge on any atom is -0.485 e. The zero-order valence-corrected chi connectivity index (χ0v) is 19.3. The number of thioether (sulfide) groups is 1. The molecule has 4 rings (SSSR count). The van der Waals surface area contributed by atoms with Crippen molar-refractivity contribution in [2.24, 2.45) is 0 Å². The molecule has 1 N–H and O–H groups in total. The van der Waals surface area contributed by atoms with Crippen molar-refractivity contribution in [3.05, 3.63) is 90.8 Å². The lowest BCUT2D eigenvalue weighted by atomic mass is 10.1. The fraction of sp³-hybridized carbons (Fsp3) is 0.192. The average molecular weight is 459 g/mol. The number of hydrogen-bond acceptors (Lipinski definition) is 5. The van der Waals surface area contributed by atoms with Gasteiger partial charge in [0.25, 0.3) is 0 Å². The molecular weight excluding hydrogens is 432 g/mol. The van der Waals surface area contributed by atoms with Gasteiger partial charge in [-0.05, 0) is 35.6 Å². The summed E-state index contributed by atoms with van der Waals surface area (Å²) in [5.41, 5.74) is 2.02. The topological polar surface area (TPSA) is 69.0 Å². The van der Waals surface area contributed by atoms with Crippen molar-refractivity contribution in [2.45, 2.75) is 31.7 Å². The van der Waals surface area contributed by atoms with Gasteiger partial charge in [-0.1, -0.05) is 73.3 Å². The van der Waals surface area contributed by atoms with Crippen LogP contribution in [0.4, 0.5) is 5.69 Å². The molecule has 0 bridgehead atoms. The zero-order chi connectivity index (χ0) is 23.0. The molecular formula is C26H26N4O2S. The molecule has 33 heavy (non-hydrogen) atoms. The number of carbonyl (C=O) groups is 1. The first-order valence-corrected chi connectivity index (χ1v) is 11.8. The van der Waals surface area contributed by atoms with E-state index in [0.29, 0.717) is 17.5 Å². The molecule has 0 saturated heterocycles. The van der Waals surface area contributed by atoms with Crippen molar-refractivity contribution in [1.82, 2.24) is 14.8 Å². The first-order chi connectivity index (χ1) is 16.2. The Bertz CT molecular complexity index is 1250. The molecule has 0 saturated carbocycles. The van der Waals surface area contributed by atoms with Gasteiger partial charge in [0, 0.05) is 17.6 Å². The van der Waals surface area contributed by atoms with Gasteiger partial charge in [0.15, 0.2) is 11.0 Å². The Morgan fingerprint density at radius 1 is 1.09 bits per heavy atom. The van der Waals surface area contributed by atoms with E-state index in [2.05, 4.69) is 41.1 Å². The fourth-order valence-corrected chi connectivity index (χ4v) is 4.23. The Morgan fingerprint density at radius 2 is 1.88 bits per heavy atom. The molecule has 0 spiro atoms. The molecule has 4 aromatic rings. The van der Waals surface area contributed by atoms with Crippen LogP contribution >= 0.6 is 11.8 Å². The number of anilines is 1. The predicted octanol–water partition coefficient (Wildman–Crippen LogP) is 5.49. The summed E-state index contributed by atoms with van der Waals surface area (Å²) in [7, 11) is 0. The van der Waals surface area contributed by atoms with Crippen LogP contribution in [0.15, 0.2) is 84.5 Å². The van der Waals surface area contributed by atoms with Crippen LogP contribution in [0.5, 0.6) is 5.75 Å². The van der Waals surface area contributed by atoms with E-state index < -0.39 is 0 Å². The van der Waals surface area contributed by atoms with Crippen LogP contribution in [0, 0.1) is 0 Å². The monoisotopic (exact) mass is 458 g/mol. The summed E-state index contributed by atoms with van der Waals surface area (Å²) in [4.78, 5) is 12.4. The standard InChI is InChI=1S/C26H26N4O2S/c1-3-16-30-24(17-32-23-11-7-9-20-8-5-6-10-22(20)23)28-29-26(30)33-18-25(31)27-21-14-12-19(4-2)13-15-21/h3,5-15H,1,4,16-18H2,2H3,(H,27,31). The van der Waals surface area contributed by atoms with Crippen molar-refractivity contribution < 1.29 is 9.53 Å². The van der Waals surface area contributed by atoms with Crippen LogP contribution in [-0.4, -0.2) is 26.4 Å². The predicted molar refractivity (Wildman–Crippen MR) is 134 cm³/mol. The van der Waals surface area contributed by atoms with Gasteiger partial charge in [-0.25, -0.2) is 0 Å². The van der Waals surface area contributed by atoms with Gasteiger partial charge in [-0.2, -0.15) is 0 Å². The minimum absolute atomic E-state index is 0.0917. The molecule has 0 unspecified atom stereocenters. The first-order valence-electron chi connectivity index (χ1n) is 10.8. The molecule has 1 heterocycles. The zero-order valence-electron chi connectivity index (χ0n) is 18.5. The minimum atomic E-state index is -0.0917. The lowest BCUT2D eigenvalue weighted by Crippen LogP contribution is -2.15. The van der Waals surface area contributed by atoms with Crippen LogP contribution in [0.3, 0.4) is 0 Å². The van der Waals surface area contributed by atoms with Gasteiger partial charge < -0.3 is 10.1 Å². The van der Waals surface area contributed by atoms with E-state index in [9.17, 15) is 4.79 Å². The molecule has 0 atom stereocenters. The summed E-state index contributed by atoms with van der Waals surface area (Å²) in [6.45, 7) is 6.74. The van der Waals surface area contributed by atoms with E-state index in [0.717, 1.165) is 28.6 Å². The van der Waals surface area contributed by atoms with Gasteiger partial charge in [0.2, 0.25) is 5.91 Å². The summed E-state index contributed by atoms with van der Waals surface area (Å²) in [6.07, 6.45) is 2.75. The highest BCUT2D eigenvalue weighted by Crippen LogP contribution is 2.26. The lowest BCUT2D eigenvalue weighted by molar-refractivity contribution is -0.113. The van der Waals surface area contributed by atoms with E-state index in [1.807, 2.05) is 59.2 Å². The van der Waals surface area contributed by atoms with Crippen LogP contribution in [0.1, 0.15) is 18.3 Å². The third-order valence-electron chi connectivity index (χ3n) is 5.19. The Kier molecular flexibility index (Phi) is 7.42. The third-order valence-corrected chi connectivity index (χ3v) is 6.16. The third kappa shape index (κ3) is 5.62. The molecule has 6 nitrogen and oxygen atoms in total. The summed E-state index contributed by atoms with van der Waals surface area (Å²) >= 11 is 1.34. The molecule has 168 valence electrons. The smallest absolute Gasteiger partial charge is 0.234 e. The number of nitrogens with one attached hydrogen (secondary N) is 1. The maximum absolute atomic E-state index is 12.4. The van der Waals surface area contributed by atoms with Crippen LogP contribution in [0.2, 0.25) is 0 Å². The Morgan fingerprint density at radius 3 is 2.67 bits per heavy atom. The van der Waals surface area contributed by atoms with Crippen molar-refractivity contribution >= 4 is 34.1 Å². The Hall–Kier alpha value is -3.58. The van der Waals surface area contributed by atoms with Crippen LogP contribution < -0.4 is 10.1 Å². The van der Waals surface area contributed by atoms with E-state index in [-0.39, 0.29) is 18.3 Å². The lowest BCUT2D eigenvalue weighted by Gasteiger charge is -2.11. The highest BCUT2D eigenvalue weighted by molar-refractivity contribution is 7.99. The second kappa shape index (κ2) is 10.8. The van der Waals surface area contributed by atoms with E-state index in [4.69, 9.17) is 4.74 Å². The molecule has 0 fully saturated rings. The number of carbonyl (C=O) groups excluding carboxylic acids is 1. The fourth-order valence-electron chi connectivity index (χ4n) is 3.46. The van der Waals surface area contributed by atoms with Crippen LogP contribution in [-0.2, 0) is 24.4 Å². The number of rotatable bonds is 10. The molecule has 0 aliphatic rings. The summed E-state index contributed by atoms with van der Waals surface area (Å²) in [5.74, 6) is 1.62. The quantitative estimate of drug-likeness (QED) is 0.251. The molecule has 7 heteroatoms. The van der Waals surface area contributed by atoms with Crippen molar-refractivity contribution in [3.63, 3.8) is 0 Å². The summed E-state index contributed by atoms with van der Waals surface area (Å²) < 4.78 is 8.01. The van der Waals surface area contributed by atoms with Gasteiger partial charge >= 0.3 is 0 Å². The molecule has 3 aromatic carbocycles. The number of fused-ring (bicyclic) bond motifs is 1. The number of aromatic nitrogens is 3. The SMILES string of the molecule is C=CCn1c(COc2cccc3ccccc23)nnc1SCC(=O)Nc1ccc(CC)cc1.